The molecule has 1 saturated heterocycles. The van der Waals surface area contributed by atoms with Crippen LogP contribution in [0.2, 0.25) is 5.02 Å². The number of aliphatic hydroxyl groups is 1. The third-order valence-electron chi connectivity index (χ3n) is 6.32. The molecular weight excluding hydrogens is 448 g/mol. The topological polar surface area (TPSA) is 64.1 Å². The van der Waals surface area contributed by atoms with E-state index in [1.54, 1.807) is 25.3 Å². The fraction of sp³-hybridized carbons (Fsp3) is 0.259. The minimum absolute atomic E-state index is 0.0311. The van der Waals surface area contributed by atoms with Crippen LogP contribution in [-0.4, -0.2) is 43.4 Å². The molecule has 4 rings (SSSR count). The monoisotopic (exact) mass is 472 g/mol. The van der Waals surface area contributed by atoms with Crippen LogP contribution in [0.25, 0.3) is 4.85 Å². The van der Waals surface area contributed by atoms with Gasteiger partial charge in [-0.15, -0.1) is 0 Å². The molecule has 1 aliphatic heterocycles. The van der Waals surface area contributed by atoms with E-state index in [1.807, 2.05) is 48.5 Å². The Hall–Kier alpha value is -3.55. The number of hydrogen-bond acceptors (Lipinski definition) is 5. The summed E-state index contributed by atoms with van der Waals surface area (Å²) in [5.74, 6) is 0.644. The number of nitriles is 1. The maximum Gasteiger partial charge on any atom is 0.187 e. The molecule has 0 spiro atoms. The van der Waals surface area contributed by atoms with E-state index in [0.29, 0.717) is 41.7 Å². The van der Waals surface area contributed by atoms with Gasteiger partial charge < -0.3 is 14.7 Å². The molecule has 0 aromatic heterocycles. The van der Waals surface area contributed by atoms with Crippen molar-refractivity contribution in [3.63, 3.8) is 0 Å². The highest BCUT2D eigenvalue weighted by molar-refractivity contribution is 6.30. The molecule has 0 radical (unpaired) electrons. The Kier molecular flexibility index (Phi) is 7.35. The molecule has 3 aromatic carbocycles. The maximum atomic E-state index is 10.3. The summed E-state index contributed by atoms with van der Waals surface area (Å²) in [4.78, 5) is 7.97. The van der Waals surface area contributed by atoms with Crippen LogP contribution in [0, 0.1) is 17.9 Å². The number of hydrogen-bond donors (Lipinski definition) is 1. The van der Waals surface area contributed by atoms with Crippen molar-refractivity contribution in [2.24, 2.45) is 0 Å². The molecule has 0 saturated carbocycles. The normalized spacial score (nSPS) is 17.0. The molecule has 7 heteroatoms. The third kappa shape index (κ3) is 4.85. The Morgan fingerprint density at radius 1 is 1.15 bits per heavy atom. The second kappa shape index (κ2) is 10.6. The summed E-state index contributed by atoms with van der Waals surface area (Å²) in [6, 6.07) is 22.8. The molecule has 0 unspecified atom stereocenters. The second-order valence-electron chi connectivity index (χ2n) is 8.15. The van der Waals surface area contributed by atoms with Crippen LogP contribution in [0.15, 0.2) is 66.7 Å². The highest BCUT2D eigenvalue weighted by Crippen LogP contribution is 2.37. The molecule has 0 amide bonds. The van der Waals surface area contributed by atoms with E-state index in [-0.39, 0.29) is 18.7 Å². The van der Waals surface area contributed by atoms with Gasteiger partial charge in [-0.1, -0.05) is 48.0 Å². The molecule has 0 aliphatic carbocycles. The van der Waals surface area contributed by atoms with Gasteiger partial charge in [0.15, 0.2) is 5.69 Å². The van der Waals surface area contributed by atoms with Crippen LogP contribution in [-0.2, 0) is 0 Å². The second-order valence-corrected chi connectivity index (χ2v) is 8.59. The van der Waals surface area contributed by atoms with E-state index in [1.165, 1.54) is 0 Å². The lowest BCUT2D eigenvalue weighted by molar-refractivity contribution is 0.103. The van der Waals surface area contributed by atoms with Crippen molar-refractivity contribution in [2.45, 2.75) is 12.1 Å². The van der Waals surface area contributed by atoms with E-state index < -0.39 is 0 Å². The first-order valence-electron chi connectivity index (χ1n) is 11.0. The summed E-state index contributed by atoms with van der Waals surface area (Å²) in [5.41, 5.74) is 4.03. The fourth-order valence-electron chi connectivity index (χ4n) is 4.53. The Balaban J connectivity index is 1.69. The van der Waals surface area contributed by atoms with E-state index >= 15 is 0 Å². The predicted octanol–water partition coefficient (Wildman–Crippen LogP) is 5.37. The molecule has 34 heavy (non-hydrogen) atoms. The van der Waals surface area contributed by atoms with Crippen LogP contribution in [0.5, 0.6) is 5.75 Å². The minimum atomic E-state index is -0.192. The van der Waals surface area contributed by atoms with Gasteiger partial charge in [0.05, 0.1) is 43.6 Å². The van der Waals surface area contributed by atoms with Crippen molar-refractivity contribution < 1.29 is 9.84 Å². The van der Waals surface area contributed by atoms with Gasteiger partial charge in [-0.3, -0.25) is 4.90 Å². The van der Waals surface area contributed by atoms with Crippen molar-refractivity contribution >= 4 is 23.0 Å². The summed E-state index contributed by atoms with van der Waals surface area (Å²) in [6.45, 7) is 9.17. The first-order valence-corrected chi connectivity index (χ1v) is 11.4. The van der Waals surface area contributed by atoms with Crippen molar-refractivity contribution in [1.29, 1.82) is 5.26 Å². The van der Waals surface area contributed by atoms with E-state index in [4.69, 9.17) is 22.9 Å². The standard InChI is InChI=1S/C27H25ClN4O2/c1-30-23-9-5-20(6-10-23)27(18-33)31-13-14-32(25-12-11-24(34-2)15-21(25)16-29)26(17-31)19-3-7-22(28)8-4-19/h3-12,15,26-27,33H,13-14,17-18H2,2H3/t26-,27+/m0/s1. The van der Waals surface area contributed by atoms with Crippen molar-refractivity contribution in [2.75, 3.05) is 38.3 Å². The summed E-state index contributed by atoms with van der Waals surface area (Å²) >= 11 is 6.16. The van der Waals surface area contributed by atoms with Crippen molar-refractivity contribution in [3.8, 4) is 11.8 Å². The number of halogens is 1. The lowest BCUT2D eigenvalue weighted by atomic mass is 9.97. The van der Waals surface area contributed by atoms with Crippen LogP contribution < -0.4 is 9.64 Å². The first kappa shape index (κ1) is 23.6. The van der Waals surface area contributed by atoms with E-state index in [0.717, 1.165) is 16.8 Å². The predicted molar refractivity (Wildman–Crippen MR) is 133 cm³/mol. The van der Waals surface area contributed by atoms with Crippen molar-refractivity contribution in [3.05, 3.63) is 99.9 Å². The Bertz CT molecular complexity index is 1220. The molecule has 3 aromatic rings. The number of rotatable bonds is 6. The maximum absolute atomic E-state index is 10.3. The Morgan fingerprint density at radius 3 is 2.50 bits per heavy atom. The van der Waals surface area contributed by atoms with Gasteiger partial charge in [-0.05, 0) is 41.5 Å². The zero-order valence-electron chi connectivity index (χ0n) is 18.9. The van der Waals surface area contributed by atoms with Gasteiger partial charge in [-0.25, -0.2) is 4.85 Å². The average molecular weight is 473 g/mol. The molecule has 0 bridgehead atoms. The summed E-state index contributed by atoms with van der Waals surface area (Å²) in [7, 11) is 1.59. The van der Waals surface area contributed by atoms with Crippen molar-refractivity contribution in [1.82, 2.24) is 4.90 Å². The van der Waals surface area contributed by atoms with E-state index in [9.17, 15) is 10.4 Å². The number of ether oxygens (including phenoxy) is 1. The lowest BCUT2D eigenvalue weighted by Crippen LogP contribution is -2.50. The zero-order chi connectivity index (χ0) is 24.1. The molecule has 1 heterocycles. The number of benzene rings is 3. The number of piperazine rings is 1. The van der Waals surface area contributed by atoms with Gasteiger partial charge in [-0.2, -0.15) is 5.26 Å². The first-order chi connectivity index (χ1) is 16.6. The lowest BCUT2D eigenvalue weighted by Gasteiger charge is -2.46. The number of aliphatic hydroxyl groups excluding tert-OH is 1. The van der Waals surface area contributed by atoms with Crippen LogP contribution in [0.1, 0.15) is 28.8 Å². The molecule has 172 valence electrons. The SMILES string of the molecule is [C-]#[N+]c1ccc([C@@H](CO)N2CCN(c3ccc(OC)cc3C#N)[C@H](c3ccc(Cl)cc3)C2)cc1. The summed E-state index contributed by atoms with van der Waals surface area (Å²) in [5, 5.41) is 20.8. The summed E-state index contributed by atoms with van der Waals surface area (Å²) in [6.07, 6.45) is 0. The van der Waals surface area contributed by atoms with Crippen LogP contribution >= 0.6 is 11.6 Å². The van der Waals surface area contributed by atoms with Gasteiger partial charge in [0, 0.05) is 24.7 Å². The smallest absolute Gasteiger partial charge is 0.187 e. The fourth-order valence-corrected chi connectivity index (χ4v) is 4.66. The molecule has 6 nitrogen and oxygen atoms in total. The highest BCUT2D eigenvalue weighted by Gasteiger charge is 2.33. The van der Waals surface area contributed by atoms with Gasteiger partial charge >= 0.3 is 0 Å². The Morgan fingerprint density at radius 2 is 1.88 bits per heavy atom. The van der Waals surface area contributed by atoms with Crippen LogP contribution in [0.4, 0.5) is 11.4 Å². The van der Waals surface area contributed by atoms with Crippen LogP contribution in [0.3, 0.4) is 0 Å². The third-order valence-corrected chi connectivity index (χ3v) is 6.57. The molecule has 2 atom stereocenters. The molecule has 1 fully saturated rings. The molecule has 1 N–H and O–H groups in total. The molecular formula is C27H25ClN4O2. The largest absolute Gasteiger partial charge is 0.497 e. The van der Waals surface area contributed by atoms with Gasteiger partial charge in [0.1, 0.15) is 11.8 Å². The number of anilines is 1. The molecule has 1 aliphatic rings. The van der Waals surface area contributed by atoms with Gasteiger partial charge in [0.25, 0.3) is 0 Å². The van der Waals surface area contributed by atoms with E-state index in [2.05, 4.69) is 20.7 Å². The number of methoxy groups -OCH3 is 1. The minimum Gasteiger partial charge on any atom is -0.497 e. The zero-order valence-corrected chi connectivity index (χ0v) is 19.6. The summed E-state index contributed by atoms with van der Waals surface area (Å²) < 4.78 is 5.31. The highest BCUT2D eigenvalue weighted by atomic mass is 35.5. The average Bonchev–Trinajstić information content (AvgIpc) is 2.89. The number of nitrogens with zero attached hydrogens (tertiary/aromatic N) is 4. The van der Waals surface area contributed by atoms with Gasteiger partial charge in [0.2, 0.25) is 0 Å². The Labute approximate surface area is 205 Å². The quantitative estimate of drug-likeness (QED) is 0.489.